The molecule has 0 aliphatic carbocycles. The van der Waals surface area contributed by atoms with Gasteiger partial charge in [-0.25, -0.2) is 13.4 Å². The number of hydrogen-bond donors (Lipinski definition) is 3. The van der Waals surface area contributed by atoms with Crippen LogP contribution in [0.3, 0.4) is 0 Å². The van der Waals surface area contributed by atoms with Crippen LogP contribution in [-0.4, -0.2) is 42.8 Å². The normalized spacial score (nSPS) is 21.6. The van der Waals surface area contributed by atoms with Crippen LogP contribution in [0.4, 0.5) is 0 Å². The molecular formula is C26H28N4O3S. The van der Waals surface area contributed by atoms with Gasteiger partial charge in [-0.2, -0.15) is 0 Å². The highest BCUT2D eigenvalue weighted by Gasteiger charge is 2.36. The molecule has 7 nitrogen and oxygen atoms in total. The highest BCUT2D eigenvalue weighted by molar-refractivity contribution is 7.90. The van der Waals surface area contributed by atoms with Crippen molar-refractivity contribution in [1.82, 2.24) is 20.3 Å². The second-order valence-electron chi connectivity index (χ2n) is 9.39. The van der Waals surface area contributed by atoms with Gasteiger partial charge in [0.25, 0.3) is 0 Å². The summed E-state index contributed by atoms with van der Waals surface area (Å²) in [6.07, 6.45) is 5.98. The molecule has 2 aliphatic rings. The van der Waals surface area contributed by atoms with Crippen LogP contribution in [0.2, 0.25) is 0 Å². The van der Waals surface area contributed by atoms with Gasteiger partial charge in [-0.05, 0) is 54.5 Å². The minimum absolute atomic E-state index is 0.0589. The van der Waals surface area contributed by atoms with Gasteiger partial charge in [-0.1, -0.05) is 30.3 Å². The van der Waals surface area contributed by atoms with Gasteiger partial charge in [0.15, 0.2) is 9.84 Å². The van der Waals surface area contributed by atoms with Gasteiger partial charge in [0.2, 0.25) is 0 Å². The molecule has 34 heavy (non-hydrogen) atoms. The van der Waals surface area contributed by atoms with E-state index in [1.165, 1.54) is 28.4 Å². The van der Waals surface area contributed by atoms with Crippen LogP contribution >= 0.6 is 0 Å². The zero-order valence-corrected chi connectivity index (χ0v) is 19.9. The first kappa shape index (κ1) is 21.6. The van der Waals surface area contributed by atoms with Crippen LogP contribution in [0.25, 0.3) is 22.2 Å². The number of para-hydroxylation sites is 1. The molecule has 3 N–H and O–H groups in total. The van der Waals surface area contributed by atoms with Crippen molar-refractivity contribution < 1.29 is 13.2 Å². The van der Waals surface area contributed by atoms with Crippen LogP contribution < -0.4 is 5.32 Å². The third kappa shape index (κ3) is 3.85. The van der Waals surface area contributed by atoms with Crippen LogP contribution in [0.15, 0.2) is 59.6 Å². The minimum atomic E-state index is -3.22. The molecule has 1 saturated heterocycles. The Labute approximate surface area is 198 Å². The van der Waals surface area contributed by atoms with Crippen molar-refractivity contribution in [1.29, 1.82) is 0 Å². The molecule has 4 aromatic rings. The molecule has 0 bridgehead atoms. The molecule has 0 radical (unpaired) electrons. The minimum Gasteiger partial charge on any atom is -0.381 e. The molecule has 2 aromatic heterocycles. The van der Waals surface area contributed by atoms with Crippen molar-refractivity contribution in [3.05, 3.63) is 71.8 Å². The molecule has 0 unspecified atom stereocenters. The first-order chi connectivity index (χ1) is 16.5. The van der Waals surface area contributed by atoms with E-state index in [1.807, 2.05) is 18.3 Å². The van der Waals surface area contributed by atoms with Crippen LogP contribution in [-0.2, 0) is 21.0 Å². The lowest BCUT2D eigenvalue weighted by Gasteiger charge is -2.37. The maximum absolute atomic E-state index is 11.8. The second-order valence-corrected chi connectivity index (χ2v) is 11.4. The molecule has 176 valence electrons. The van der Waals surface area contributed by atoms with Crippen molar-refractivity contribution in [2.24, 2.45) is 5.92 Å². The molecule has 1 fully saturated rings. The molecule has 0 saturated carbocycles. The summed E-state index contributed by atoms with van der Waals surface area (Å²) in [7, 11) is -3.22. The summed E-state index contributed by atoms with van der Waals surface area (Å²) in [5.74, 6) is 1.40. The predicted molar refractivity (Wildman–Crippen MR) is 131 cm³/mol. The maximum Gasteiger partial charge on any atom is 0.175 e. The average molecular weight is 477 g/mol. The van der Waals surface area contributed by atoms with Crippen LogP contribution in [0, 0.1) is 5.92 Å². The summed E-state index contributed by atoms with van der Waals surface area (Å²) >= 11 is 0. The molecule has 6 rings (SSSR count). The van der Waals surface area contributed by atoms with E-state index in [9.17, 15) is 8.42 Å². The zero-order chi connectivity index (χ0) is 23.3. The number of sulfone groups is 1. The predicted octanol–water partition coefficient (Wildman–Crippen LogP) is 4.32. The van der Waals surface area contributed by atoms with Crippen molar-refractivity contribution in [2.45, 2.75) is 36.2 Å². The topological polar surface area (TPSA) is 99.9 Å². The monoisotopic (exact) mass is 476 g/mol. The summed E-state index contributed by atoms with van der Waals surface area (Å²) in [6, 6.07) is 15.7. The van der Waals surface area contributed by atoms with Crippen LogP contribution in [0.5, 0.6) is 0 Å². The Morgan fingerprint density at radius 1 is 1.00 bits per heavy atom. The number of nitrogens with zero attached hydrogens (tertiary/aromatic N) is 1. The molecule has 2 aromatic carbocycles. The van der Waals surface area contributed by atoms with Gasteiger partial charge in [-0.3, -0.25) is 5.32 Å². The zero-order valence-electron chi connectivity index (χ0n) is 19.0. The second kappa shape index (κ2) is 8.37. The van der Waals surface area contributed by atoms with E-state index in [2.05, 4.69) is 39.6 Å². The van der Waals surface area contributed by atoms with Gasteiger partial charge < -0.3 is 14.7 Å². The molecule has 2 atom stereocenters. The Kier molecular flexibility index (Phi) is 5.32. The fraction of sp³-hybridized carbons (Fsp3) is 0.346. The van der Waals surface area contributed by atoms with Crippen molar-refractivity contribution >= 4 is 20.7 Å². The van der Waals surface area contributed by atoms with E-state index in [0.29, 0.717) is 10.8 Å². The summed E-state index contributed by atoms with van der Waals surface area (Å²) in [6.45, 7) is 1.61. The van der Waals surface area contributed by atoms with Gasteiger partial charge in [-0.15, -0.1) is 0 Å². The third-order valence-electron chi connectivity index (χ3n) is 7.20. The van der Waals surface area contributed by atoms with E-state index in [1.54, 1.807) is 12.1 Å². The van der Waals surface area contributed by atoms with Crippen LogP contribution in [0.1, 0.15) is 42.0 Å². The number of benzene rings is 2. The van der Waals surface area contributed by atoms with Crippen molar-refractivity contribution in [3.63, 3.8) is 0 Å². The first-order valence-corrected chi connectivity index (χ1v) is 13.6. The summed E-state index contributed by atoms with van der Waals surface area (Å²) in [5.41, 5.74) is 5.64. The Morgan fingerprint density at radius 2 is 1.76 bits per heavy atom. The number of H-pyrrole nitrogens is 2. The van der Waals surface area contributed by atoms with E-state index in [-0.39, 0.29) is 12.1 Å². The smallest absolute Gasteiger partial charge is 0.175 e. The van der Waals surface area contributed by atoms with Crippen molar-refractivity contribution in [2.75, 3.05) is 19.5 Å². The Bertz CT molecular complexity index is 1430. The Morgan fingerprint density at radius 3 is 2.53 bits per heavy atom. The van der Waals surface area contributed by atoms with E-state index < -0.39 is 9.84 Å². The Hall–Kier alpha value is -2.94. The first-order valence-electron chi connectivity index (χ1n) is 11.8. The summed E-state index contributed by atoms with van der Waals surface area (Å²) in [5, 5.41) is 5.17. The highest BCUT2D eigenvalue weighted by Crippen LogP contribution is 2.41. The lowest BCUT2D eigenvalue weighted by atomic mass is 9.83. The van der Waals surface area contributed by atoms with E-state index >= 15 is 0 Å². The number of imidazole rings is 1. The number of aromatic nitrogens is 3. The highest BCUT2D eigenvalue weighted by atomic mass is 32.2. The third-order valence-corrected chi connectivity index (χ3v) is 8.33. The Balaban J connectivity index is 1.34. The fourth-order valence-corrected chi connectivity index (χ4v) is 6.04. The molecule has 0 amide bonds. The fourth-order valence-electron chi connectivity index (χ4n) is 5.41. The molecular weight excluding hydrogens is 448 g/mol. The average Bonchev–Trinajstić information content (AvgIpc) is 3.49. The quantitative estimate of drug-likeness (QED) is 0.407. The van der Waals surface area contributed by atoms with E-state index in [0.717, 1.165) is 49.6 Å². The number of aromatic amines is 2. The SMILES string of the molecule is CS(=O)(=O)c1ccc(-c2cnc([C@H]3Cc4c([nH]c5ccccc45)[C@@H](C4CCOCC4)N3)[nH]2)cc1. The van der Waals surface area contributed by atoms with Gasteiger partial charge in [0.05, 0.1) is 28.9 Å². The molecule has 8 heteroatoms. The summed E-state index contributed by atoms with van der Waals surface area (Å²) in [4.78, 5) is 12.2. The van der Waals surface area contributed by atoms with Gasteiger partial charge >= 0.3 is 0 Å². The lowest BCUT2D eigenvalue weighted by molar-refractivity contribution is 0.0497. The standard InChI is InChI=1S/C26H28N4O3S/c1-34(31,32)18-8-6-16(7-9-18)23-15-27-26(30-23)22-14-20-19-4-2-3-5-21(19)28-25(20)24(29-22)17-10-12-33-13-11-17/h2-9,15,17,22,24,28-29H,10-14H2,1H3,(H,27,30)/t22-,24-/m1/s1. The molecule has 0 spiro atoms. The summed E-state index contributed by atoms with van der Waals surface area (Å²) < 4.78 is 29.2. The van der Waals surface area contributed by atoms with Crippen molar-refractivity contribution in [3.8, 4) is 11.3 Å². The van der Waals surface area contributed by atoms with Gasteiger partial charge in [0, 0.05) is 36.1 Å². The number of nitrogens with one attached hydrogen (secondary N) is 3. The number of rotatable bonds is 4. The molecule has 4 heterocycles. The van der Waals surface area contributed by atoms with E-state index in [4.69, 9.17) is 9.72 Å². The molecule has 2 aliphatic heterocycles. The number of hydrogen-bond acceptors (Lipinski definition) is 5. The van der Waals surface area contributed by atoms with Gasteiger partial charge in [0.1, 0.15) is 5.82 Å². The number of ether oxygens (including phenoxy) is 1. The number of fused-ring (bicyclic) bond motifs is 3. The maximum atomic E-state index is 11.8. The largest absolute Gasteiger partial charge is 0.381 e. The lowest BCUT2D eigenvalue weighted by Crippen LogP contribution is -2.39.